The van der Waals surface area contributed by atoms with E-state index >= 15 is 0 Å². The maximum atomic E-state index is 13.5. The molecule has 16 heavy (non-hydrogen) atoms. The molecule has 0 fully saturated rings. The molecular weight excluding hydrogens is 277 g/mol. The van der Waals surface area contributed by atoms with E-state index in [4.69, 9.17) is 9.15 Å². The summed E-state index contributed by atoms with van der Waals surface area (Å²) in [6.45, 7) is 0. The standard InChI is InChI=1S/C11H9BrFNO2/c1-15-10-3-2-7(4-8(10)13)11-9(5-12)14-6-16-11/h2-4,6H,5H2,1H3. The predicted octanol–water partition coefficient (Wildman–Crippen LogP) is 3.38. The molecule has 2 rings (SSSR count). The van der Waals surface area contributed by atoms with Crippen LogP contribution in [0.2, 0.25) is 0 Å². The lowest BCUT2D eigenvalue weighted by molar-refractivity contribution is 0.386. The molecule has 84 valence electrons. The highest BCUT2D eigenvalue weighted by atomic mass is 79.9. The molecule has 0 radical (unpaired) electrons. The number of hydrogen-bond donors (Lipinski definition) is 0. The third-order valence-corrected chi connectivity index (χ3v) is 2.71. The summed E-state index contributed by atoms with van der Waals surface area (Å²) in [6.07, 6.45) is 1.34. The molecule has 1 heterocycles. The summed E-state index contributed by atoms with van der Waals surface area (Å²) >= 11 is 3.29. The number of rotatable bonds is 3. The normalized spacial score (nSPS) is 10.4. The topological polar surface area (TPSA) is 35.3 Å². The zero-order valence-electron chi connectivity index (χ0n) is 8.54. The first-order valence-electron chi connectivity index (χ1n) is 4.58. The van der Waals surface area contributed by atoms with Crippen molar-refractivity contribution in [3.05, 3.63) is 36.1 Å². The van der Waals surface area contributed by atoms with Crippen LogP contribution in [-0.4, -0.2) is 12.1 Å². The zero-order chi connectivity index (χ0) is 11.5. The van der Waals surface area contributed by atoms with Crippen molar-refractivity contribution in [1.82, 2.24) is 4.98 Å². The highest BCUT2D eigenvalue weighted by Gasteiger charge is 2.12. The van der Waals surface area contributed by atoms with Crippen molar-refractivity contribution in [2.24, 2.45) is 0 Å². The number of oxazole rings is 1. The first-order chi connectivity index (χ1) is 7.76. The summed E-state index contributed by atoms with van der Waals surface area (Å²) in [5.74, 6) is 0.360. The second-order valence-electron chi connectivity index (χ2n) is 3.11. The van der Waals surface area contributed by atoms with Crippen molar-refractivity contribution in [2.45, 2.75) is 5.33 Å². The van der Waals surface area contributed by atoms with Crippen molar-refractivity contribution in [1.29, 1.82) is 0 Å². The van der Waals surface area contributed by atoms with E-state index in [1.807, 2.05) is 0 Å². The summed E-state index contributed by atoms with van der Waals surface area (Å²) in [4.78, 5) is 4.02. The highest BCUT2D eigenvalue weighted by molar-refractivity contribution is 9.08. The van der Waals surface area contributed by atoms with Crippen LogP contribution in [0.5, 0.6) is 5.75 Å². The molecule has 0 unspecified atom stereocenters. The fourth-order valence-electron chi connectivity index (χ4n) is 1.41. The quantitative estimate of drug-likeness (QED) is 0.811. The van der Waals surface area contributed by atoms with Crippen molar-refractivity contribution in [2.75, 3.05) is 7.11 Å². The molecule has 0 atom stereocenters. The molecule has 0 aliphatic heterocycles. The Balaban J connectivity index is 2.45. The Hall–Kier alpha value is -1.36. The minimum absolute atomic E-state index is 0.212. The monoisotopic (exact) mass is 285 g/mol. The SMILES string of the molecule is COc1ccc(-c2ocnc2CBr)cc1F. The summed E-state index contributed by atoms with van der Waals surface area (Å²) in [5, 5.41) is 0.562. The van der Waals surface area contributed by atoms with E-state index < -0.39 is 5.82 Å². The minimum Gasteiger partial charge on any atom is -0.494 e. The van der Waals surface area contributed by atoms with Gasteiger partial charge in [0.15, 0.2) is 23.7 Å². The van der Waals surface area contributed by atoms with Crippen LogP contribution < -0.4 is 4.74 Å². The lowest BCUT2D eigenvalue weighted by atomic mass is 10.1. The smallest absolute Gasteiger partial charge is 0.181 e. The van der Waals surface area contributed by atoms with Gasteiger partial charge >= 0.3 is 0 Å². The fourth-order valence-corrected chi connectivity index (χ4v) is 1.81. The molecule has 0 aliphatic rings. The Labute approximate surface area is 100 Å². The van der Waals surface area contributed by atoms with Gasteiger partial charge in [-0.25, -0.2) is 9.37 Å². The number of hydrogen-bond acceptors (Lipinski definition) is 3. The van der Waals surface area contributed by atoms with Gasteiger partial charge in [0.25, 0.3) is 0 Å². The van der Waals surface area contributed by atoms with Crippen LogP contribution in [0.15, 0.2) is 29.0 Å². The van der Waals surface area contributed by atoms with E-state index in [2.05, 4.69) is 20.9 Å². The maximum absolute atomic E-state index is 13.5. The molecule has 0 saturated heterocycles. The molecular formula is C11H9BrFNO2. The van der Waals surface area contributed by atoms with Crippen LogP contribution in [0, 0.1) is 5.82 Å². The largest absolute Gasteiger partial charge is 0.494 e. The van der Waals surface area contributed by atoms with Gasteiger partial charge in [-0.15, -0.1) is 0 Å². The number of aromatic nitrogens is 1. The molecule has 0 amide bonds. The van der Waals surface area contributed by atoms with Crippen LogP contribution in [0.1, 0.15) is 5.69 Å². The molecule has 0 bridgehead atoms. The lowest BCUT2D eigenvalue weighted by Gasteiger charge is -2.03. The van der Waals surface area contributed by atoms with E-state index in [-0.39, 0.29) is 5.75 Å². The number of nitrogens with zero attached hydrogens (tertiary/aromatic N) is 1. The maximum Gasteiger partial charge on any atom is 0.181 e. The van der Waals surface area contributed by atoms with Gasteiger partial charge in [0.05, 0.1) is 12.8 Å². The van der Waals surface area contributed by atoms with Crippen LogP contribution in [0.3, 0.4) is 0 Å². The molecule has 1 aromatic heterocycles. The molecule has 0 aliphatic carbocycles. The van der Waals surface area contributed by atoms with E-state index in [0.29, 0.717) is 16.7 Å². The Morgan fingerprint density at radius 1 is 1.50 bits per heavy atom. The molecule has 0 N–H and O–H groups in total. The third kappa shape index (κ3) is 1.95. The van der Waals surface area contributed by atoms with Gasteiger partial charge in [0.2, 0.25) is 0 Å². The zero-order valence-corrected chi connectivity index (χ0v) is 10.1. The second-order valence-corrected chi connectivity index (χ2v) is 3.67. The highest BCUT2D eigenvalue weighted by Crippen LogP contribution is 2.28. The van der Waals surface area contributed by atoms with Crippen molar-refractivity contribution >= 4 is 15.9 Å². The van der Waals surface area contributed by atoms with Gasteiger partial charge in [-0.1, -0.05) is 15.9 Å². The molecule has 3 nitrogen and oxygen atoms in total. The Kier molecular flexibility index (Phi) is 3.24. The number of ether oxygens (including phenoxy) is 1. The van der Waals surface area contributed by atoms with Crippen molar-refractivity contribution in [3.63, 3.8) is 0 Å². The van der Waals surface area contributed by atoms with Crippen LogP contribution >= 0.6 is 15.9 Å². The average molecular weight is 286 g/mol. The summed E-state index contributed by atoms with van der Waals surface area (Å²) in [5.41, 5.74) is 1.38. The lowest BCUT2D eigenvalue weighted by Crippen LogP contribution is -1.89. The summed E-state index contributed by atoms with van der Waals surface area (Å²) < 4.78 is 23.5. The third-order valence-electron chi connectivity index (χ3n) is 2.18. The molecule has 2 aromatic rings. The van der Waals surface area contributed by atoms with Gasteiger partial charge < -0.3 is 9.15 Å². The fraction of sp³-hybridized carbons (Fsp3) is 0.182. The summed E-state index contributed by atoms with van der Waals surface area (Å²) in [7, 11) is 1.43. The van der Waals surface area contributed by atoms with Gasteiger partial charge in [0.1, 0.15) is 0 Å². The number of alkyl halides is 1. The minimum atomic E-state index is -0.420. The number of methoxy groups -OCH3 is 1. The van der Waals surface area contributed by atoms with Gasteiger partial charge in [-0.2, -0.15) is 0 Å². The predicted molar refractivity (Wildman–Crippen MR) is 61.1 cm³/mol. The van der Waals surface area contributed by atoms with E-state index in [0.717, 1.165) is 5.69 Å². The van der Waals surface area contributed by atoms with Crippen molar-refractivity contribution in [3.8, 4) is 17.1 Å². The molecule has 5 heteroatoms. The molecule has 1 aromatic carbocycles. The average Bonchev–Trinajstić information content (AvgIpc) is 2.77. The second kappa shape index (κ2) is 4.65. The van der Waals surface area contributed by atoms with Crippen LogP contribution in [0.25, 0.3) is 11.3 Å². The first kappa shape index (κ1) is 11.1. The van der Waals surface area contributed by atoms with E-state index in [1.54, 1.807) is 12.1 Å². The van der Waals surface area contributed by atoms with Crippen LogP contribution in [0.4, 0.5) is 4.39 Å². The van der Waals surface area contributed by atoms with Gasteiger partial charge in [-0.05, 0) is 18.2 Å². The molecule has 0 saturated carbocycles. The van der Waals surface area contributed by atoms with Crippen molar-refractivity contribution < 1.29 is 13.5 Å². The Bertz CT molecular complexity index is 498. The van der Waals surface area contributed by atoms with Crippen LogP contribution in [-0.2, 0) is 5.33 Å². The number of halogens is 2. The van der Waals surface area contributed by atoms with E-state index in [9.17, 15) is 4.39 Å². The van der Waals surface area contributed by atoms with Gasteiger partial charge in [0, 0.05) is 10.9 Å². The van der Waals surface area contributed by atoms with Gasteiger partial charge in [-0.3, -0.25) is 0 Å². The van der Waals surface area contributed by atoms with E-state index in [1.165, 1.54) is 19.6 Å². The Morgan fingerprint density at radius 3 is 2.94 bits per heavy atom. The number of benzene rings is 1. The summed E-state index contributed by atoms with van der Waals surface area (Å²) in [6, 6.07) is 4.66. The molecule has 0 spiro atoms. The first-order valence-corrected chi connectivity index (χ1v) is 5.70. The Morgan fingerprint density at radius 2 is 2.31 bits per heavy atom.